The largest absolute Gasteiger partial charge is 0.453 e. The van der Waals surface area contributed by atoms with Gasteiger partial charge in [0.15, 0.2) is 0 Å². The summed E-state index contributed by atoms with van der Waals surface area (Å²) in [5.41, 5.74) is 2.65. The molecule has 2 aliphatic rings. The molecule has 0 aromatic carbocycles. The molecule has 24 heavy (non-hydrogen) atoms. The molecule has 1 aromatic heterocycles. The van der Waals surface area contributed by atoms with Gasteiger partial charge in [0, 0.05) is 50.4 Å². The Bertz CT molecular complexity index is 543. The molecule has 1 saturated carbocycles. The zero-order valence-electron chi connectivity index (χ0n) is 15.0. The Morgan fingerprint density at radius 2 is 1.96 bits per heavy atom. The Hall–Kier alpha value is -1.56. The van der Waals surface area contributed by atoms with Crippen molar-refractivity contribution in [1.29, 1.82) is 0 Å². The van der Waals surface area contributed by atoms with Gasteiger partial charge < -0.3 is 15.0 Å². The number of hydrogen-bond donors (Lipinski definition) is 1. The van der Waals surface area contributed by atoms with Crippen LogP contribution in [-0.2, 0) is 18.3 Å². The maximum atomic E-state index is 11.5. The number of rotatable bonds is 4. The molecule has 1 amide bonds. The van der Waals surface area contributed by atoms with Crippen LogP contribution in [0.4, 0.5) is 4.79 Å². The number of nitrogens with one attached hydrogen (secondary N) is 1. The minimum Gasteiger partial charge on any atom is -0.453 e. The van der Waals surface area contributed by atoms with Gasteiger partial charge in [0.25, 0.3) is 0 Å². The molecule has 1 aliphatic carbocycles. The summed E-state index contributed by atoms with van der Waals surface area (Å²) >= 11 is 0. The minimum absolute atomic E-state index is 0.208. The second kappa shape index (κ2) is 8.01. The van der Waals surface area contributed by atoms with E-state index in [4.69, 9.17) is 9.84 Å². The summed E-state index contributed by atoms with van der Waals surface area (Å²) in [6.45, 7) is 2.42. The Morgan fingerprint density at radius 1 is 1.25 bits per heavy atom. The van der Waals surface area contributed by atoms with Crippen LogP contribution in [0.25, 0.3) is 0 Å². The summed E-state index contributed by atoms with van der Waals surface area (Å²) in [5, 5.41) is 8.43. The van der Waals surface area contributed by atoms with Gasteiger partial charge >= 0.3 is 6.09 Å². The fourth-order valence-electron chi connectivity index (χ4n) is 4.06. The third-order valence-electron chi connectivity index (χ3n) is 5.44. The van der Waals surface area contributed by atoms with Gasteiger partial charge in [-0.05, 0) is 25.7 Å². The number of likely N-dealkylation sites (tertiary alicyclic amines) is 1. The van der Waals surface area contributed by atoms with Gasteiger partial charge in [-0.1, -0.05) is 19.3 Å². The molecular weight excluding hydrogens is 304 g/mol. The molecule has 1 N–H and O–H groups in total. The second-order valence-corrected chi connectivity index (χ2v) is 7.16. The van der Waals surface area contributed by atoms with Gasteiger partial charge in [-0.3, -0.25) is 4.68 Å². The monoisotopic (exact) mass is 334 g/mol. The summed E-state index contributed by atoms with van der Waals surface area (Å²) in [6.07, 6.45) is 10.5. The predicted molar refractivity (Wildman–Crippen MR) is 92.9 cm³/mol. The van der Waals surface area contributed by atoms with Crippen LogP contribution in [0.15, 0.2) is 6.20 Å². The van der Waals surface area contributed by atoms with Crippen molar-refractivity contribution >= 4 is 6.09 Å². The van der Waals surface area contributed by atoms with Crippen LogP contribution in [0.1, 0.15) is 62.1 Å². The number of piperidine rings is 1. The summed E-state index contributed by atoms with van der Waals surface area (Å²) in [5.74, 6) is 0.637. The van der Waals surface area contributed by atoms with Crippen molar-refractivity contribution < 1.29 is 9.53 Å². The molecular formula is C18H30N4O2. The standard InChI is InChI=1S/C18H30N4O2/c1-21-13-15(17(20-21)14-6-4-3-5-7-14)12-19-16-8-10-22(11-9-16)18(23)24-2/h13-14,16,19H,3-12H2,1-2H3. The lowest BCUT2D eigenvalue weighted by Gasteiger charge is -2.31. The number of aromatic nitrogens is 2. The van der Waals surface area contributed by atoms with Gasteiger partial charge in [0.2, 0.25) is 0 Å². The van der Waals surface area contributed by atoms with Gasteiger partial charge in [-0.15, -0.1) is 0 Å². The molecule has 1 saturated heterocycles. The average Bonchev–Trinajstić information content (AvgIpc) is 3.01. The Morgan fingerprint density at radius 3 is 2.62 bits per heavy atom. The van der Waals surface area contributed by atoms with Crippen molar-refractivity contribution in [3.8, 4) is 0 Å². The third kappa shape index (κ3) is 4.09. The van der Waals surface area contributed by atoms with Crippen LogP contribution in [0, 0.1) is 0 Å². The first-order valence-corrected chi connectivity index (χ1v) is 9.26. The van der Waals surface area contributed by atoms with Crippen LogP contribution < -0.4 is 5.32 Å². The lowest BCUT2D eigenvalue weighted by atomic mass is 9.85. The predicted octanol–water partition coefficient (Wildman–Crippen LogP) is 2.79. The Balaban J connectivity index is 1.53. The molecule has 0 radical (unpaired) electrons. The first-order valence-electron chi connectivity index (χ1n) is 9.26. The fraction of sp³-hybridized carbons (Fsp3) is 0.778. The maximum absolute atomic E-state index is 11.5. The molecule has 0 unspecified atom stereocenters. The molecule has 1 aromatic rings. The normalized spacial score (nSPS) is 20.3. The van der Waals surface area contributed by atoms with E-state index in [0.717, 1.165) is 32.5 Å². The van der Waals surface area contributed by atoms with Gasteiger partial charge in [0.05, 0.1) is 12.8 Å². The maximum Gasteiger partial charge on any atom is 0.409 e. The van der Waals surface area contributed by atoms with Crippen molar-refractivity contribution in [3.63, 3.8) is 0 Å². The van der Waals surface area contributed by atoms with E-state index in [1.54, 1.807) is 4.90 Å². The first kappa shape index (κ1) is 17.3. The van der Waals surface area contributed by atoms with E-state index in [1.807, 2.05) is 11.7 Å². The van der Waals surface area contributed by atoms with E-state index in [1.165, 1.54) is 50.5 Å². The minimum atomic E-state index is -0.208. The molecule has 0 atom stereocenters. The van der Waals surface area contributed by atoms with Crippen LogP contribution in [0.3, 0.4) is 0 Å². The van der Waals surface area contributed by atoms with Crippen LogP contribution >= 0.6 is 0 Å². The molecule has 6 heteroatoms. The SMILES string of the molecule is COC(=O)N1CCC(NCc2cn(C)nc2C2CCCCC2)CC1. The molecule has 2 heterocycles. The Kier molecular flexibility index (Phi) is 5.76. The smallest absolute Gasteiger partial charge is 0.409 e. The number of carbonyl (C=O) groups is 1. The number of nitrogens with zero attached hydrogens (tertiary/aromatic N) is 3. The van der Waals surface area contributed by atoms with Crippen LogP contribution in [-0.4, -0.2) is 47.0 Å². The van der Waals surface area contributed by atoms with Crippen molar-refractivity contribution in [2.24, 2.45) is 7.05 Å². The number of aryl methyl sites for hydroxylation is 1. The highest BCUT2D eigenvalue weighted by Crippen LogP contribution is 2.33. The number of methoxy groups -OCH3 is 1. The molecule has 2 fully saturated rings. The molecule has 0 bridgehead atoms. The molecule has 3 rings (SSSR count). The van der Waals surface area contributed by atoms with Gasteiger partial charge in [0.1, 0.15) is 0 Å². The highest BCUT2D eigenvalue weighted by atomic mass is 16.5. The Labute approximate surface area is 144 Å². The third-order valence-corrected chi connectivity index (χ3v) is 5.44. The lowest BCUT2D eigenvalue weighted by Crippen LogP contribution is -2.44. The van der Waals surface area contributed by atoms with E-state index < -0.39 is 0 Å². The zero-order valence-corrected chi connectivity index (χ0v) is 15.0. The summed E-state index contributed by atoms with van der Waals surface area (Å²) in [6, 6.07) is 0.463. The van der Waals surface area contributed by atoms with E-state index in [-0.39, 0.29) is 6.09 Å². The first-order chi connectivity index (χ1) is 11.7. The quantitative estimate of drug-likeness (QED) is 0.920. The summed E-state index contributed by atoms with van der Waals surface area (Å²) < 4.78 is 6.75. The van der Waals surface area contributed by atoms with Crippen LogP contribution in [0.5, 0.6) is 0 Å². The molecule has 0 spiro atoms. The highest BCUT2D eigenvalue weighted by molar-refractivity contribution is 5.67. The zero-order chi connectivity index (χ0) is 16.9. The van der Waals surface area contributed by atoms with E-state index in [2.05, 4.69) is 11.5 Å². The summed E-state index contributed by atoms with van der Waals surface area (Å²) in [4.78, 5) is 13.3. The molecule has 6 nitrogen and oxygen atoms in total. The van der Waals surface area contributed by atoms with E-state index >= 15 is 0 Å². The van der Waals surface area contributed by atoms with E-state index in [0.29, 0.717) is 12.0 Å². The van der Waals surface area contributed by atoms with Crippen molar-refractivity contribution in [1.82, 2.24) is 20.0 Å². The fourth-order valence-corrected chi connectivity index (χ4v) is 4.06. The number of ether oxygens (including phenoxy) is 1. The van der Waals surface area contributed by atoms with Crippen molar-refractivity contribution in [2.45, 2.75) is 63.5 Å². The van der Waals surface area contributed by atoms with Gasteiger partial charge in [-0.2, -0.15) is 5.10 Å². The van der Waals surface area contributed by atoms with Crippen molar-refractivity contribution in [3.05, 3.63) is 17.5 Å². The van der Waals surface area contributed by atoms with E-state index in [9.17, 15) is 4.79 Å². The lowest BCUT2D eigenvalue weighted by molar-refractivity contribution is 0.109. The highest BCUT2D eigenvalue weighted by Gasteiger charge is 2.25. The topological polar surface area (TPSA) is 59.4 Å². The number of carbonyl (C=O) groups excluding carboxylic acids is 1. The molecule has 134 valence electrons. The number of hydrogen-bond acceptors (Lipinski definition) is 4. The number of amides is 1. The summed E-state index contributed by atoms with van der Waals surface area (Å²) in [7, 11) is 3.46. The second-order valence-electron chi connectivity index (χ2n) is 7.16. The molecule has 1 aliphatic heterocycles. The van der Waals surface area contributed by atoms with Gasteiger partial charge in [-0.25, -0.2) is 4.79 Å². The average molecular weight is 334 g/mol. The van der Waals surface area contributed by atoms with Crippen LogP contribution in [0.2, 0.25) is 0 Å². The van der Waals surface area contributed by atoms with Crippen molar-refractivity contribution in [2.75, 3.05) is 20.2 Å².